The molecule has 2 aliphatic heterocycles. The molecule has 278 valence electrons. The third kappa shape index (κ3) is 9.29. The van der Waals surface area contributed by atoms with Gasteiger partial charge in [0.1, 0.15) is 42.1 Å². The van der Waals surface area contributed by atoms with Crippen LogP contribution in [-0.4, -0.2) is 63.4 Å². The van der Waals surface area contributed by atoms with Crippen LogP contribution in [-0.2, 0) is 24.6 Å². The Bertz CT molecular complexity index is 1930. The van der Waals surface area contributed by atoms with E-state index in [0.717, 1.165) is 53.1 Å². The molecule has 3 N–H and O–H groups in total. The molecule has 0 aliphatic carbocycles. The number of aliphatic carboxylic acids is 1. The highest BCUT2D eigenvalue weighted by atomic mass is 35.5. The normalized spacial score (nSPS) is 17.9. The van der Waals surface area contributed by atoms with Gasteiger partial charge in [0.05, 0.1) is 23.8 Å². The van der Waals surface area contributed by atoms with Gasteiger partial charge in [0.15, 0.2) is 0 Å². The van der Waals surface area contributed by atoms with E-state index in [-0.39, 0.29) is 19.8 Å². The number of pyridine rings is 1. The summed E-state index contributed by atoms with van der Waals surface area (Å²) in [5.74, 6) is 0.446. The Morgan fingerprint density at radius 3 is 2.53 bits per heavy atom. The number of carboxylic acid groups (broad SMARTS) is 1. The smallest absolute Gasteiger partial charge is 0.326 e. The molecule has 1 aromatic heterocycles. The number of hydrogen-bond donors (Lipinski definition) is 3. The molecule has 11 heteroatoms. The van der Waals surface area contributed by atoms with Gasteiger partial charge < -0.3 is 24.4 Å². The zero-order valence-electron chi connectivity index (χ0n) is 30.3. The van der Waals surface area contributed by atoms with Gasteiger partial charge in [-0.2, -0.15) is 5.26 Å². The maximum atomic E-state index is 11.8. The van der Waals surface area contributed by atoms with E-state index in [1.54, 1.807) is 24.4 Å². The molecule has 10 nitrogen and oxygen atoms in total. The number of rotatable bonds is 17. The lowest BCUT2D eigenvalue weighted by molar-refractivity contribution is -0.145. The van der Waals surface area contributed by atoms with Crippen molar-refractivity contribution in [1.82, 2.24) is 15.2 Å². The number of nitriles is 1. The van der Waals surface area contributed by atoms with E-state index in [9.17, 15) is 20.3 Å². The summed E-state index contributed by atoms with van der Waals surface area (Å²) in [5, 5.41) is 31.9. The monoisotopic (exact) mass is 738 g/mol. The maximum absolute atomic E-state index is 11.8. The van der Waals surface area contributed by atoms with Crippen molar-refractivity contribution in [2.24, 2.45) is 0 Å². The highest BCUT2D eigenvalue weighted by molar-refractivity contribution is 6.32. The summed E-state index contributed by atoms with van der Waals surface area (Å²) in [6.07, 6.45) is 10.9. The lowest BCUT2D eigenvalue weighted by Crippen LogP contribution is -2.52. The highest BCUT2D eigenvalue weighted by Crippen LogP contribution is 2.37. The minimum atomic E-state index is -1.58. The Morgan fingerprint density at radius 2 is 1.77 bits per heavy atom. The van der Waals surface area contributed by atoms with Gasteiger partial charge in [-0.05, 0) is 92.5 Å². The van der Waals surface area contributed by atoms with E-state index >= 15 is 0 Å². The molecule has 4 aromatic rings. The number of ether oxygens (including phenoxy) is 3. The first-order chi connectivity index (χ1) is 25.7. The molecule has 3 aromatic carbocycles. The Labute approximate surface area is 316 Å². The minimum Gasteiger partial charge on any atom is -0.494 e. The number of benzene rings is 3. The average Bonchev–Trinajstić information content (AvgIpc) is 3.38. The van der Waals surface area contributed by atoms with Gasteiger partial charge >= 0.3 is 5.97 Å². The third-order valence-electron chi connectivity index (χ3n) is 10.5. The minimum absolute atomic E-state index is 0.0402. The zero-order chi connectivity index (χ0) is 37.4. The number of nitrogens with zero attached hydrogens (tertiary/aromatic N) is 3. The van der Waals surface area contributed by atoms with Crippen LogP contribution in [0.2, 0.25) is 5.02 Å². The van der Waals surface area contributed by atoms with Crippen LogP contribution in [0.1, 0.15) is 73.3 Å². The lowest BCUT2D eigenvalue weighted by Gasteiger charge is -2.34. The summed E-state index contributed by atoms with van der Waals surface area (Å²) < 4.78 is 18.7. The van der Waals surface area contributed by atoms with Gasteiger partial charge in [0.2, 0.25) is 0 Å². The largest absolute Gasteiger partial charge is 0.494 e. The molecule has 53 heavy (non-hydrogen) atoms. The summed E-state index contributed by atoms with van der Waals surface area (Å²) in [6, 6.07) is 23.0. The summed E-state index contributed by atoms with van der Waals surface area (Å²) >= 11 is 6.73. The number of carboxylic acids is 1. The van der Waals surface area contributed by atoms with Gasteiger partial charge in [-0.25, -0.2) is 0 Å². The first kappa shape index (κ1) is 38.1. The fourth-order valence-electron chi connectivity index (χ4n) is 7.33. The molecule has 3 atom stereocenters. The van der Waals surface area contributed by atoms with Crippen LogP contribution >= 0.6 is 11.6 Å². The molecule has 0 spiro atoms. The van der Waals surface area contributed by atoms with E-state index in [4.69, 9.17) is 25.8 Å². The molecular weight excluding hydrogens is 692 g/mol. The van der Waals surface area contributed by atoms with Crippen LogP contribution in [0.5, 0.6) is 17.2 Å². The van der Waals surface area contributed by atoms with E-state index in [1.165, 1.54) is 45.2 Å². The van der Waals surface area contributed by atoms with Crippen LogP contribution in [0.25, 0.3) is 11.1 Å². The van der Waals surface area contributed by atoms with Crippen molar-refractivity contribution in [2.75, 3.05) is 19.8 Å². The number of aliphatic hydroxyl groups excluding tert-OH is 1. The van der Waals surface area contributed by atoms with Crippen molar-refractivity contribution in [1.29, 1.82) is 5.26 Å². The fourth-order valence-corrected chi connectivity index (χ4v) is 7.57. The van der Waals surface area contributed by atoms with Crippen molar-refractivity contribution in [3.05, 3.63) is 106 Å². The number of piperidine rings is 1. The molecule has 2 bridgehead atoms. The Balaban J connectivity index is 1.14. The summed E-state index contributed by atoms with van der Waals surface area (Å²) in [4.78, 5) is 18.6. The quantitative estimate of drug-likeness (QED) is 0.0937. The molecule has 0 radical (unpaired) electrons. The third-order valence-corrected chi connectivity index (χ3v) is 10.8. The first-order valence-electron chi connectivity index (χ1n) is 18.3. The van der Waals surface area contributed by atoms with Crippen LogP contribution in [0.3, 0.4) is 0 Å². The molecule has 2 saturated heterocycles. The van der Waals surface area contributed by atoms with Gasteiger partial charge in [0, 0.05) is 54.8 Å². The molecule has 2 fully saturated rings. The Hall–Kier alpha value is -4.66. The van der Waals surface area contributed by atoms with Gasteiger partial charge in [0.25, 0.3) is 0 Å². The van der Waals surface area contributed by atoms with Crippen LogP contribution in [0, 0.1) is 18.3 Å². The van der Waals surface area contributed by atoms with Crippen molar-refractivity contribution < 1.29 is 29.2 Å². The molecule has 0 amide bonds. The average molecular weight is 739 g/mol. The van der Waals surface area contributed by atoms with E-state index in [1.807, 2.05) is 24.3 Å². The number of halogens is 1. The standard InChI is InChI=1S/C42H47ClN4O6/c1-28-32(8-4-12-37(28)31-7-3-11-36(18-31)51-16-6-15-47-34-9-5-10-35(47)14-13-34)26-53-40-20-39(52-25-30-17-29(21-44)22-45-23-30)33(19-38(40)43)24-46-42(2,27-48)41(49)50/h3-4,7-8,11-12,17-20,22-23,34-35,46,48H,5-6,9-10,13-16,24-27H2,1-2H3,(H,49,50)/t34-,35+,42-/m1/s1. The second-order valence-electron chi connectivity index (χ2n) is 14.2. The predicted octanol–water partition coefficient (Wildman–Crippen LogP) is 7.45. The second kappa shape index (κ2) is 17.4. The van der Waals surface area contributed by atoms with Crippen LogP contribution < -0.4 is 19.5 Å². The summed E-state index contributed by atoms with van der Waals surface area (Å²) in [5.41, 5.74) is 4.26. The van der Waals surface area contributed by atoms with Gasteiger partial charge in [-0.15, -0.1) is 0 Å². The molecule has 6 rings (SSSR count). The number of fused-ring (bicyclic) bond motifs is 2. The zero-order valence-corrected chi connectivity index (χ0v) is 31.1. The van der Waals surface area contributed by atoms with Crippen molar-refractivity contribution >= 4 is 17.6 Å². The number of nitrogens with one attached hydrogen (secondary N) is 1. The second-order valence-corrected chi connectivity index (χ2v) is 14.6. The number of carbonyl (C=O) groups is 1. The topological polar surface area (TPSA) is 137 Å². The summed E-state index contributed by atoms with van der Waals surface area (Å²) in [7, 11) is 0. The molecule has 2 aliphatic rings. The Kier molecular flexibility index (Phi) is 12.5. The fraction of sp³-hybridized carbons (Fsp3) is 0.405. The molecule has 0 saturated carbocycles. The molecular formula is C42H47ClN4O6. The van der Waals surface area contributed by atoms with Crippen molar-refractivity contribution in [2.45, 2.75) is 89.8 Å². The Morgan fingerprint density at radius 1 is 1.00 bits per heavy atom. The SMILES string of the molecule is Cc1c(COc2cc(OCc3cncc(C#N)c3)c(CN[C@](C)(CO)C(=O)O)cc2Cl)cccc1-c1cccc(OCCCN2[C@@H]3CCC[C@H]2CC3)c1. The molecule has 3 heterocycles. The van der Waals surface area contributed by atoms with Crippen molar-refractivity contribution in [3.8, 4) is 34.4 Å². The highest BCUT2D eigenvalue weighted by Gasteiger charge is 2.35. The maximum Gasteiger partial charge on any atom is 0.326 e. The summed E-state index contributed by atoms with van der Waals surface area (Å²) in [6.45, 7) is 5.02. The van der Waals surface area contributed by atoms with E-state index < -0.39 is 18.1 Å². The number of hydrogen-bond acceptors (Lipinski definition) is 9. The van der Waals surface area contributed by atoms with Gasteiger partial charge in [-0.3, -0.25) is 20.0 Å². The molecule has 0 unspecified atom stereocenters. The van der Waals surface area contributed by atoms with Crippen LogP contribution in [0.4, 0.5) is 0 Å². The first-order valence-corrected chi connectivity index (χ1v) is 18.6. The van der Waals surface area contributed by atoms with Crippen LogP contribution in [0.15, 0.2) is 73.1 Å². The predicted molar refractivity (Wildman–Crippen MR) is 203 cm³/mol. The lowest BCUT2D eigenvalue weighted by atomic mass is 9.96. The van der Waals surface area contributed by atoms with E-state index in [0.29, 0.717) is 39.8 Å². The van der Waals surface area contributed by atoms with Gasteiger partial charge in [-0.1, -0.05) is 48.4 Å². The van der Waals surface area contributed by atoms with E-state index in [2.05, 4.69) is 46.4 Å². The van der Waals surface area contributed by atoms with Crippen molar-refractivity contribution in [3.63, 3.8) is 0 Å². The number of aliphatic hydroxyl groups is 1. The number of aromatic nitrogens is 1.